The molecule has 0 bridgehead atoms. The molecule has 0 aromatic heterocycles. The molecule has 0 saturated heterocycles. The molecule has 0 fully saturated rings. The zero-order valence-electron chi connectivity index (χ0n) is 42.0. The third kappa shape index (κ3) is 6.90. The first kappa shape index (κ1) is 46.2. The van der Waals surface area contributed by atoms with Gasteiger partial charge in [0.05, 0.1) is 36.7 Å². The maximum absolute atomic E-state index is 15.6. The number of rotatable bonds is 12. The van der Waals surface area contributed by atoms with Crippen LogP contribution in [-0.2, 0) is 0 Å². The van der Waals surface area contributed by atoms with Gasteiger partial charge in [-0.25, -0.2) is 9.80 Å². The van der Waals surface area contributed by atoms with Gasteiger partial charge in [0.1, 0.15) is 34.5 Å². The Morgan fingerprint density at radius 3 is 0.958 bits per heavy atom. The van der Waals surface area contributed by atoms with E-state index in [2.05, 4.69) is 55.4 Å². The molecule has 2 aliphatic rings. The molecule has 0 radical (unpaired) electrons. The number of amides is 4. The van der Waals surface area contributed by atoms with Crippen molar-refractivity contribution >= 4 is 78.1 Å². The van der Waals surface area contributed by atoms with E-state index in [0.717, 1.165) is 22.3 Å². The van der Waals surface area contributed by atoms with Crippen molar-refractivity contribution in [3.8, 4) is 34.5 Å². The summed E-state index contributed by atoms with van der Waals surface area (Å²) in [5.74, 6) is 1.08. The van der Waals surface area contributed by atoms with E-state index in [0.29, 0.717) is 111 Å². The van der Waals surface area contributed by atoms with E-state index < -0.39 is 23.6 Å². The lowest BCUT2D eigenvalue weighted by atomic mass is 9.80. The quantitative estimate of drug-likeness (QED) is 0.0676. The Kier molecular flexibility index (Phi) is 11.1. The second-order valence-electron chi connectivity index (χ2n) is 20.1. The third-order valence-electron chi connectivity index (χ3n) is 14.5. The lowest BCUT2D eigenvalue weighted by Crippen LogP contribution is -2.42. The second kappa shape index (κ2) is 17.3. The number of ether oxygens (including phenoxy) is 4. The highest BCUT2D eigenvalue weighted by Crippen LogP contribution is 2.54. The Bertz CT molecular complexity index is 3460. The molecule has 2 aliphatic heterocycles. The first-order chi connectivity index (χ1) is 34.6. The maximum Gasteiger partial charge on any atom is 0.266 e. The fraction of sp³-hybridized carbons (Fsp3) is 0.226. The predicted octanol–water partition coefficient (Wildman–Crippen LogP) is 15.4. The molecule has 10 nitrogen and oxygen atoms in total. The normalized spacial score (nSPS) is 13.7. The van der Waals surface area contributed by atoms with Gasteiger partial charge in [-0.3, -0.25) is 19.2 Å². The van der Waals surface area contributed by atoms with Crippen LogP contribution in [0.3, 0.4) is 0 Å². The summed E-state index contributed by atoms with van der Waals surface area (Å²) in [6.45, 7) is 16.5. The largest absolute Gasteiger partial charge is 0.497 e. The van der Waals surface area contributed by atoms with Gasteiger partial charge < -0.3 is 18.9 Å². The number of hydrogen-bond donors (Lipinski definition) is 0. The Morgan fingerprint density at radius 1 is 0.347 bits per heavy atom. The molecule has 72 heavy (non-hydrogen) atoms. The molecule has 0 spiro atoms. The van der Waals surface area contributed by atoms with Crippen molar-refractivity contribution in [2.75, 3.05) is 24.0 Å². The molecule has 360 valence electrons. The lowest BCUT2D eigenvalue weighted by Gasteiger charge is -2.34. The number of imide groups is 2. The number of carbonyl (C=O) groups is 4. The van der Waals surface area contributed by atoms with E-state index in [1.807, 2.05) is 48.5 Å². The van der Waals surface area contributed by atoms with E-state index in [1.165, 1.54) is 9.80 Å². The van der Waals surface area contributed by atoms with Gasteiger partial charge in [0.15, 0.2) is 0 Å². The molecule has 0 saturated carbocycles. The van der Waals surface area contributed by atoms with Gasteiger partial charge >= 0.3 is 0 Å². The Hall–Kier alpha value is -8.24. The third-order valence-corrected chi connectivity index (χ3v) is 14.5. The average Bonchev–Trinajstić information content (AvgIpc) is 3.37. The number of methoxy groups -OCH3 is 2. The van der Waals surface area contributed by atoms with Gasteiger partial charge in [0.2, 0.25) is 0 Å². The van der Waals surface area contributed by atoms with Crippen LogP contribution in [0.15, 0.2) is 121 Å². The van der Waals surface area contributed by atoms with Gasteiger partial charge in [0, 0.05) is 43.4 Å². The van der Waals surface area contributed by atoms with Gasteiger partial charge in [-0.2, -0.15) is 0 Å². The number of carbonyl (C=O) groups excluding carboxylic acids is 4. The predicted molar refractivity (Wildman–Crippen MR) is 285 cm³/mol. The molecule has 0 N–H and O–H groups in total. The molecular formula is C62H54N2O8. The molecular weight excluding hydrogens is 901 g/mol. The fourth-order valence-electron chi connectivity index (χ4n) is 11.0. The summed E-state index contributed by atoms with van der Waals surface area (Å²) in [6.07, 6.45) is 0. The molecule has 9 aromatic rings. The minimum Gasteiger partial charge on any atom is -0.497 e. The highest BCUT2D eigenvalue weighted by molar-refractivity contribution is 6.46. The van der Waals surface area contributed by atoms with Crippen LogP contribution in [-0.4, -0.2) is 37.8 Å². The average molecular weight is 955 g/mol. The van der Waals surface area contributed by atoms with Crippen molar-refractivity contribution in [1.29, 1.82) is 0 Å². The Labute approximate surface area is 418 Å². The van der Waals surface area contributed by atoms with Gasteiger partial charge in [0.25, 0.3) is 23.6 Å². The number of anilines is 2. The van der Waals surface area contributed by atoms with Crippen molar-refractivity contribution in [3.63, 3.8) is 0 Å². The summed E-state index contributed by atoms with van der Waals surface area (Å²) in [4.78, 5) is 64.6. The first-order valence-corrected chi connectivity index (χ1v) is 24.6. The minimum absolute atomic E-state index is 0.000756. The van der Waals surface area contributed by atoms with Crippen molar-refractivity contribution in [2.45, 2.75) is 79.1 Å². The fourth-order valence-corrected chi connectivity index (χ4v) is 11.0. The molecule has 2 heterocycles. The van der Waals surface area contributed by atoms with E-state index in [1.54, 1.807) is 87.0 Å². The molecule has 9 aromatic carbocycles. The van der Waals surface area contributed by atoms with Gasteiger partial charge in [-0.1, -0.05) is 104 Å². The molecule has 0 unspecified atom stereocenters. The number of hydrogen-bond acceptors (Lipinski definition) is 8. The summed E-state index contributed by atoms with van der Waals surface area (Å²) in [7, 11) is 3.19. The molecule has 4 amide bonds. The maximum atomic E-state index is 15.6. The number of fused-ring (bicyclic) bond motifs is 2. The van der Waals surface area contributed by atoms with E-state index in [9.17, 15) is 0 Å². The summed E-state index contributed by atoms with van der Waals surface area (Å²) >= 11 is 0. The van der Waals surface area contributed by atoms with Crippen molar-refractivity contribution in [3.05, 3.63) is 166 Å². The zero-order valence-corrected chi connectivity index (χ0v) is 42.0. The van der Waals surface area contributed by atoms with Gasteiger partial charge in [-0.15, -0.1) is 0 Å². The van der Waals surface area contributed by atoms with Crippen LogP contribution < -0.4 is 28.7 Å². The van der Waals surface area contributed by atoms with Crippen LogP contribution in [0.2, 0.25) is 0 Å². The van der Waals surface area contributed by atoms with Crippen LogP contribution >= 0.6 is 0 Å². The molecule has 11 rings (SSSR count). The number of para-hydroxylation sites is 2. The highest BCUT2D eigenvalue weighted by atomic mass is 16.5. The van der Waals surface area contributed by atoms with Crippen LogP contribution in [0.25, 0.3) is 43.1 Å². The van der Waals surface area contributed by atoms with Crippen molar-refractivity contribution in [2.24, 2.45) is 0 Å². The first-order valence-electron chi connectivity index (χ1n) is 24.6. The SMILES string of the molecule is COc1ccc(Oc2cc3c4c(ccc5c6c(Oc7ccc(OC)cc7)cc7c8c(ccc(c2c45)c86)C(=O)N(c2c(C(C)C)cccc2C(C)C)C7=O)C(=O)N(c2c(C(C)C)cccc2C(C)C)C3=O)cc1. The summed E-state index contributed by atoms with van der Waals surface area (Å²) < 4.78 is 24.8. The van der Waals surface area contributed by atoms with E-state index >= 15 is 19.2 Å². The number of nitrogens with zero attached hydrogens (tertiary/aromatic N) is 2. The molecule has 0 aliphatic carbocycles. The van der Waals surface area contributed by atoms with Crippen LogP contribution in [0, 0.1) is 0 Å². The zero-order chi connectivity index (χ0) is 50.6. The van der Waals surface area contributed by atoms with E-state index in [-0.39, 0.29) is 23.7 Å². The summed E-state index contributed by atoms with van der Waals surface area (Å²) in [5.41, 5.74) is 6.01. The van der Waals surface area contributed by atoms with Crippen LogP contribution in [0.4, 0.5) is 11.4 Å². The second-order valence-corrected chi connectivity index (χ2v) is 20.1. The van der Waals surface area contributed by atoms with E-state index in [4.69, 9.17) is 18.9 Å². The minimum atomic E-state index is -0.477. The van der Waals surface area contributed by atoms with Gasteiger partial charge in [-0.05, 0) is 129 Å². The molecule has 10 heteroatoms. The Morgan fingerprint density at radius 2 is 0.653 bits per heavy atom. The number of benzene rings is 9. The van der Waals surface area contributed by atoms with Crippen LogP contribution in [0.1, 0.15) is 143 Å². The standard InChI is InChI=1S/C62H54N2O8/c1-31(2)39-13-11-14-40(32(3)4)57(39)63-59(65)45-27-25-43-54-50(72-38-23-19-36(70-10)20-24-38)30-48-52-46(60(66)64(62(48)68)58-41(33(5)6)15-12-16-42(58)34(7)8)28-26-44(56(52)54)53-49(29-47(61(63)67)51(45)55(43)53)71-37-21-17-35(69-9)18-22-37/h11-34H,1-10H3. The summed E-state index contributed by atoms with van der Waals surface area (Å²) in [5, 5.41) is 4.64. The van der Waals surface area contributed by atoms with Crippen molar-refractivity contribution < 1.29 is 38.1 Å². The highest BCUT2D eigenvalue weighted by Gasteiger charge is 2.42. The Balaban J connectivity index is 1.26. The molecule has 0 atom stereocenters. The monoisotopic (exact) mass is 954 g/mol. The summed E-state index contributed by atoms with van der Waals surface area (Å²) in [6, 6.07) is 37.1. The smallest absolute Gasteiger partial charge is 0.266 e. The van der Waals surface area contributed by atoms with Crippen molar-refractivity contribution in [1.82, 2.24) is 0 Å². The van der Waals surface area contributed by atoms with Crippen LogP contribution in [0.5, 0.6) is 34.5 Å². The lowest BCUT2D eigenvalue weighted by molar-refractivity contribution is 0.0877. The topological polar surface area (TPSA) is 112 Å².